The van der Waals surface area contributed by atoms with E-state index < -0.39 is 0 Å². The Morgan fingerprint density at radius 2 is 1.72 bits per heavy atom. The molecule has 0 aliphatic carbocycles. The van der Waals surface area contributed by atoms with E-state index in [4.69, 9.17) is 4.74 Å². The Hall–Kier alpha value is -3.79. The van der Waals surface area contributed by atoms with Gasteiger partial charge < -0.3 is 14.5 Å². The Labute approximate surface area is 210 Å². The van der Waals surface area contributed by atoms with Crippen LogP contribution < -0.4 is 9.64 Å². The van der Waals surface area contributed by atoms with Gasteiger partial charge in [0.15, 0.2) is 5.82 Å². The molecule has 2 saturated heterocycles. The van der Waals surface area contributed by atoms with Crippen LogP contribution in [-0.4, -0.2) is 81.7 Å². The van der Waals surface area contributed by atoms with Crippen molar-refractivity contribution in [3.05, 3.63) is 59.4 Å². The number of rotatable bonds is 6. The number of carbonyl (C=O) groups is 2. The second kappa shape index (κ2) is 10.1. The summed E-state index contributed by atoms with van der Waals surface area (Å²) in [6, 6.07) is 13.6. The summed E-state index contributed by atoms with van der Waals surface area (Å²) in [5.41, 5.74) is 4.07. The smallest absolute Gasteiger partial charge is 0.228 e. The van der Waals surface area contributed by atoms with Crippen molar-refractivity contribution in [2.75, 3.05) is 44.7 Å². The normalized spacial score (nSPS) is 18.6. The molecule has 10 nitrogen and oxygen atoms in total. The molecule has 3 aromatic rings. The maximum Gasteiger partial charge on any atom is 0.228 e. The van der Waals surface area contributed by atoms with Crippen LogP contribution in [0.2, 0.25) is 0 Å². The van der Waals surface area contributed by atoms with Crippen LogP contribution in [0.1, 0.15) is 23.4 Å². The minimum Gasteiger partial charge on any atom is -0.497 e. The summed E-state index contributed by atoms with van der Waals surface area (Å²) >= 11 is 0. The van der Waals surface area contributed by atoms with Gasteiger partial charge in [-0.25, -0.2) is 0 Å². The third-order valence-corrected chi connectivity index (χ3v) is 7.18. The number of aryl methyl sites for hydroxylation is 2. The lowest BCUT2D eigenvalue weighted by Gasteiger charge is -2.35. The Kier molecular flexibility index (Phi) is 6.69. The number of carbonyl (C=O) groups excluding carboxylic acids is 2. The van der Waals surface area contributed by atoms with E-state index in [1.807, 2.05) is 54.3 Å². The highest BCUT2D eigenvalue weighted by molar-refractivity contribution is 6.00. The Balaban J connectivity index is 1.17. The van der Waals surface area contributed by atoms with E-state index in [0.29, 0.717) is 26.2 Å². The lowest BCUT2D eigenvalue weighted by Crippen LogP contribution is -2.50. The van der Waals surface area contributed by atoms with Gasteiger partial charge in [0.1, 0.15) is 5.75 Å². The lowest BCUT2D eigenvalue weighted by molar-refractivity contribution is -0.137. The second-order valence-electron chi connectivity index (χ2n) is 9.48. The number of hydrogen-bond donors (Lipinski definition) is 0. The molecule has 0 saturated carbocycles. The van der Waals surface area contributed by atoms with Gasteiger partial charge in [0.05, 0.1) is 25.3 Å². The van der Waals surface area contributed by atoms with Crippen molar-refractivity contribution in [1.82, 2.24) is 30.0 Å². The van der Waals surface area contributed by atoms with Gasteiger partial charge in [-0.3, -0.25) is 14.5 Å². The molecule has 5 rings (SSSR count). The summed E-state index contributed by atoms with van der Waals surface area (Å²) in [7, 11) is 1.63. The molecular formula is C26H31N7O3. The van der Waals surface area contributed by atoms with Crippen molar-refractivity contribution in [1.29, 1.82) is 0 Å². The summed E-state index contributed by atoms with van der Waals surface area (Å²) in [6.07, 6.45) is 0.266. The maximum absolute atomic E-state index is 13.2. The van der Waals surface area contributed by atoms with E-state index in [-0.39, 0.29) is 24.2 Å². The predicted octanol–water partition coefficient (Wildman–Crippen LogP) is 1.99. The summed E-state index contributed by atoms with van der Waals surface area (Å²) < 4.78 is 6.95. The second-order valence-corrected chi connectivity index (χ2v) is 9.48. The molecule has 36 heavy (non-hydrogen) atoms. The number of methoxy groups -OCH3 is 1. The summed E-state index contributed by atoms with van der Waals surface area (Å²) in [5, 5.41) is 12.2. The van der Waals surface area contributed by atoms with Gasteiger partial charge in [-0.2, -0.15) is 4.68 Å². The van der Waals surface area contributed by atoms with E-state index in [9.17, 15) is 9.59 Å². The lowest BCUT2D eigenvalue weighted by atomic mass is 10.1. The fourth-order valence-electron chi connectivity index (χ4n) is 4.83. The topological polar surface area (TPSA) is 96.7 Å². The molecule has 2 aliphatic rings. The molecule has 0 radical (unpaired) electrons. The quantitative estimate of drug-likeness (QED) is 0.522. The average molecular weight is 490 g/mol. The van der Waals surface area contributed by atoms with E-state index in [1.165, 1.54) is 5.56 Å². The van der Waals surface area contributed by atoms with Crippen LogP contribution in [0.3, 0.4) is 0 Å². The SMILES string of the molecule is COc1ccc(-n2nnnc2CN2CCN(C(=O)C3CC(=O)N(c4ccc(C)c(C)c4)C3)CC2)cc1. The predicted molar refractivity (Wildman–Crippen MR) is 134 cm³/mol. The van der Waals surface area contributed by atoms with Gasteiger partial charge >= 0.3 is 0 Å². The minimum absolute atomic E-state index is 0.0145. The highest BCUT2D eigenvalue weighted by Gasteiger charge is 2.38. The Morgan fingerprint density at radius 3 is 2.42 bits per heavy atom. The fourth-order valence-corrected chi connectivity index (χ4v) is 4.83. The molecule has 10 heteroatoms. The van der Waals surface area contributed by atoms with Crippen molar-refractivity contribution < 1.29 is 14.3 Å². The van der Waals surface area contributed by atoms with Crippen LogP contribution >= 0.6 is 0 Å². The summed E-state index contributed by atoms with van der Waals surface area (Å²) in [6.45, 7) is 7.81. The fraction of sp³-hybridized carbons (Fsp3) is 0.423. The number of piperazine rings is 1. The summed E-state index contributed by atoms with van der Waals surface area (Å²) in [5.74, 6) is 1.30. The zero-order valence-corrected chi connectivity index (χ0v) is 20.9. The first-order chi connectivity index (χ1) is 17.4. The number of aromatic nitrogens is 4. The molecular weight excluding hydrogens is 458 g/mol. The molecule has 0 N–H and O–H groups in total. The van der Waals surface area contributed by atoms with Gasteiger partial charge in [0.2, 0.25) is 11.8 Å². The molecule has 1 aromatic heterocycles. The maximum atomic E-state index is 13.2. The van der Waals surface area contributed by atoms with Gasteiger partial charge in [-0.15, -0.1) is 5.10 Å². The molecule has 2 fully saturated rings. The molecule has 188 valence electrons. The molecule has 2 aliphatic heterocycles. The van der Waals surface area contributed by atoms with Crippen molar-refractivity contribution in [3.63, 3.8) is 0 Å². The third-order valence-electron chi connectivity index (χ3n) is 7.18. The number of ether oxygens (including phenoxy) is 1. The van der Waals surface area contributed by atoms with E-state index in [0.717, 1.165) is 41.6 Å². The molecule has 2 aromatic carbocycles. The van der Waals surface area contributed by atoms with Gasteiger partial charge in [-0.05, 0) is 71.8 Å². The first-order valence-corrected chi connectivity index (χ1v) is 12.2. The molecule has 3 heterocycles. The zero-order chi connectivity index (χ0) is 25.2. The Bertz CT molecular complexity index is 1250. The number of hydrogen-bond acceptors (Lipinski definition) is 7. The van der Waals surface area contributed by atoms with Gasteiger partial charge in [0, 0.05) is 44.8 Å². The molecule has 1 unspecified atom stereocenters. The van der Waals surface area contributed by atoms with Crippen LogP contribution in [0, 0.1) is 19.8 Å². The number of anilines is 1. The van der Waals surface area contributed by atoms with Crippen LogP contribution in [0.4, 0.5) is 5.69 Å². The number of tetrazole rings is 1. The molecule has 1 atom stereocenters. The van der Waals surface area contributed by atoms with E-state index >= 15 is 0 Å². The van der Waals surface area contributed by atoms with Crippen LogP contribution in [-0.2, 0) is 16.1 Å². The van der Waals surface area contributed by atoms with Crippen molar-refractivity contribution >= 4 is 17.5 Å². The monoisotopic (exact) mass is 489 g/mol. The molecule has 0 spiro atoms. The first-order valence-electron chi connectivity index (χ1n) is 12.2. The largest absolute Gasteiger partial charge is 0.497 e. The third kappa shape index (κ3) is 4.81. The highest BCUT2D eigenvalue weighted by atomic mass is 16.5. The van der Waals surface area contributed by atoms with Crippen LogP contribution in [0.15, 0.2) is 42.5 Å². The highest BCUT2D eigenvalue weighted by Crippen LogP contribution is 2.28. The van der Waals surface area contributed by atoms with Crippen molar-refractivity contribution in [2.24, 2.45) is 5.92 Å². The van der Waals surface area contributed by atoms with Gasteiger partial charge in [-0.1, -0.05) is 6.07 Å². The Morgan fingerprint density at radius 1 is 1.00 bits per heavy atom. The molecule has 2 amide bonds. The van der Waals surface area contributed by atoms with Crippen LogP contribution in [0.5, 0.6) is 5.75 Å². The van der Waals surface area contributed by atoms with E-state index in [2.05, 4.69) is 27.3 Å². The van der Waals surface area contributed by atoms with Gasteiger partial charge in [0.25, 0.3) is 0 Å². The van der Waals surface area contributed by atoms with E-state index in [1.54, 1.807) is 16.7 Å². The number of nitrogens with zero attached hydrogens (tertiary/aromatic N) is 7. The van der Waals surface area contributed by atoms with Crippen molar-refractivity contribution in [2.45, 2.75) is 26.8 Å². The first kappa shape index (κ1) is 23.9. The van der Waals surface area contributed by atoms with Crippen LogP contribution in [0.25, 0.3) is 5.69 Å². The minimum atomic E-state index is -0.298. The zero-order valence-electron chi connectivity index (χ0n) is 20.9. The standard InChI is InChI=1S/C26H31N7O3/c1-18-4-5-22(14-19(18)2)32-16-20(15-25(32)34)26(35)31-12-10-30(11-13-31)17-24-27-28-29-33(24)21-6-8-23(36-3)9-7-21/h4-9,14,20H,10-13,15-17H2,1-3H3. The summed E-state index contributed by atoms with van der Waals surface area (Å²) in [4.78, 5) is 31.8. The number of benzene rings is 2. The molecule has 0 bridgehead atoms. The number of amides is 2. The van der Waals surface area contributed by atoms with Crippen molar-refractivity contribution in [3.8, 4) is 11.4 Å². The average Bonchev–Trinajstić information content (AvgIpc) is 3.52.